The van der Waals surface area contributed by atoms with Crippen LogP contribution in [0.1, 0.15) is 12.5 Å². The molecule has 0 aliphatic heterocycles. The van der Waals surface area contributed by atoms with Crippen LogP contribution in [-0.2, 0) is 26.8 Å². The molecular formula is C18H16ClF3N4O3. The normalized spacial score (nSPS) is 11.8. The topological polar surface area (TPSA) is 78.0 Å². The summed E-state index contributed by atoms with van der Waals surface area (Å²) < 4.78 is 42.1. The Morgan fingerprint density at radius 3 is 2.28 bits per heavy atom. The number of nitrogens with one attached hydrogen (secondary N) is 1. The Bertz CT molecular complexity index is 1310. The van der Waals surface area contributed by atoms with Crippen molar-refractivity contribution in [3.8, 4) is 0 Å². The van der Waals surface area contributed by atoms with Crippen molar-refractivity contribution in [1.29, 1.82) is 0 Å². The molecule has 2 heterocycles. The standard InChI is InChI=1S/C18H16ClF3N4O3/c1-4-26-15-14(16(28)25(3)17(26)29)12(8-13(27)24(15)2)23-9-5-6-10(11(19)7-9)18(20,21)22/h5-8,23H,4H2,1-3H3. The monoisotopic (exact) mass is 428 g/mol. The van der Waals surface area contributed by atoms with Crippen molar-refractivity contribution >= 4 is 34.0 Å². The van der Waals surface area contributed by atoms with Gasteiger partial charge in [0, 0.05) is 32.4 Å². The van der Waals surface area contributed by atoms with Crippen LogP contribution in [0.15, 0.2) is 38.6 Å². The van der Waals surface area contributed by atoms with Gasteiger partial charge in [0.05, 0.1) is 16.3 Å². The molecular weight excluding hydrogens is 413 g/mol. The van der Waals surface area contributed by atoms with E-state index in [-0.39, 0.29) is 29.0 Å². The van der Waals surface area contributed by atoms with Gasteiger partial charge in [0.2, 0.25) is 0 Å². The van der Waals surface area contributed by atoms with Gasteiger partial charge in [-0.2, -0.15) is 13.2 Å². The maximum absolute atomic E-state index is 12.9. The van der Waals surface area contributed by atoms with E-state index in [1.54, 1.807) is 6.92 Å². The number of rotatable bonds is 3. The van der Waals surface area contributed by atoms with E-state index >= 15 is 0 Å². The quantitative estimate of drug-likeness (QED) is 0.696. The van der Waals surface area contributed by atoms with E-state index in [1.165, 1.54) is 23.2 Å². The molecule has 154 valence electrons. The number of fused-ring (bicyclic) bond motifs is 1. The summed E-state index contributed by atoms with van der Waals surface area (Å²) in [6.45, 7) is 1.89. The summed E-state index contributed by atoms with van der Waals surface area (Å²) in [5.74, 6) is 0. The lowest BCUT2D eigenvalue weighted by atomic mass is 10.2. The van der Waals surface area contributed by atoms with Gasteiger partial charge in [-0.25, -0.2) is 4.79 Å². The molecule has 3 rings (SSSR count). The summed E-state index contributed by atoms with van der Waals surface area (Å²) in [5, 5.41) is 2.29. The second kappa shape index (κ2) is 7.11. The second-order valence-electron chi connectivity index (χ2n) is 6.36. The van der Waals surface area contributed by atoms with E-state index in [0.29, 0.717) is 0 Å². The van der Waals surface area contributed by atoms with Crippen LogP contribution in [0, 0.1) is 0 Å². The molecule has 0 saturated carbocycles. The molecule has 3 aromatic rings. The third kappa shape index (κ3) is 3.44. The van der Waals surface area contributed by atoms with Gasteiger partial charge < -0.3 is 5.32 Å². The van der Waals surface area contributed by atoms with Crippen LogP contribution in [-0.4, -0.2) is 13.7 Å². The van der Waals surface area contributed by atoms with E-state index in [9.17, 15) is 27.6 Å². The number of benzene rings is 1. The summed E-state index contributed by atoms with van der Waals surface area (Å²) in [5.41, 5.74) is -2.44. The summed E-state index contributed by atoms with van der Waals surface area (Å²) >= 11 is 5.74. The van der Waals surface area contributed by atoms with E-state index in [1.807, 2.05) is 0 Å². The van der Waals surface area contributed by atoms with Gasteiger partial charge in [0.25, 0.3) is 11.1 Å². The van der Waals surface area contributed by atoms with Crippen LogP contribution in [0.5, 0.6) is 0 Å². The molecule has 0 amide bonds. The molecule has 0 spiro atoms. The first kappa shape index (κ1) is 20.7. The fourth-order valence-corrected chi connectivity index (χ4v) is 3.39. The molecule has 1 N–H and O–H groups in total. The van der Waals surface area contributed by atoms with Gasteiger partial charge in [0.15, 0.2) is 0 Å². The van der Waals surface area contributed by atoms with Crippen molar-refractivity contribution in [3.05, 3.63) is 66.0 Å². The first-order chi connectivity index (χ1) is 13.5. The molecule has 0 fully saturated rings. The highest BCUT2D eigenvalue weighted by Gasteiger charge is 2.33. The number of anilines is 2. The van der Waals surface area contributed by atoms with Crippen LogP contribution in [0.3, 0.4) is 0 Å². The van der Waals surface area contributed by atoms with Gasteiger partial charge in [-0.1, -0.05) is 11.6 Å². The van der Waals surface area contributed by atoms with Crippen LogP contribution >= 0.6 is 11.6 Å². The third-order valence-electron chi connectivity index (χ3n) is 4.57. The van der Waals surface area contributed by atoms with Crippen molar-refractivity contribution in [3.63, 3.8) is 0 Å². The summed E-state index contributed by atoms with van der Waals surface area (Å²) in [7, 11) is 2.73. The lowest BCUT2D eigenvalue weighted by molar-refractivity contribution is -0.137. The smallest absolute Gasteiger partial charge is 0.355 e. The minimum atomic E-state index is -4.61. The Morgan fingerprint density at radius 1 is 1.07 bits per heavy atom. The van der Waals surface area contributed by atoms with Crippen molar-refractivity contribution in [1.82, 2.24) is 13.7 Å². The third-order valence-corrected chi connectivity index (χ3v) is 4.88. The number of hydrogen-bond donors (Lipinski definition) is 1. The second-order valence-corrected chi connectivity index (χ2v) is 6.77. The van der Waals surface area contributed by atoms with E-state index < -0.39 is 33.6 Å². The Balaban J connectivity index is 2.29. The Labute approximate surface area is 166 Å². The van der Waals surface area contributed by atoms with Crippen LogP contribution in [0.4, 0.5) is 24.5 Å². The highest BCUT2D eigenvalue weighted by Crippen LogP contribution is 2.36. The SMILES string of the molecule is CCn1c(=O)n(C)c(=O)c2c(Nc3ccc(C(F)(F)F)c(Cl)c3)cc(=O)n(C)c21. The van der Waals surface area contributed by atoms with E-state index in [0.717, 1.165) is 28.8 Å². The zero-order valence-electron chi connectivity index (χ0n) is 15.6. The fraction of sp³-hybridized carbons (Fsp3) is 0.278. The number of hydrogen-bond acceptors (Lipinski definition) is 4. The van der Waals surface area contributed by atoms with Crippen LogP contribution in [0.2, 0.25) is 5.02 Å². The summed E-state index contributed by atoms with van der Waals surface area (Å²) in [6.07, 6.45) is -4.61. The van der Waals surface area contributed by atoms with Crippen molar-refractivity contribution < 1.29 is 13.2 Å². The zero-order chi connectivity index (χ0) is 21.7. The van der Waals surface area contributed by atoms with E-state index in [2.05, 4.69) is 5.32 Å². The first-order valence-electron chi connectivity index (χ1n) is 8.44. The average Bonchev–Trinajstić information content (AvgIpc) is 2.63. The number of pyridine rings is 1. The molecule has 0 radical (unpaired) electrons. The molecule has 29 heavy (non-hydrogen) atoms. The van der Waals surface area contributed by atoms with Gasteiger partial charge in [-0.15, -0.1) is 0 Å². The molecule has 11 heteroatoms. The minimum Gasteiger partial charge on any atom is -0.355 e. The van der Waals surface area contributed by atoms with Crippen LogP contribution < -0.4 is 22.1 Å². The van der Waals surface area contributed by atoms with Gasteiger partial charge in [-0.3, -0.25) is 23.3 Å². The average molecular weight is 429 g/mol. The Hall–Kier alpha value is -3.01. The predicted molar refractivity (Wildman–Crippen MR) is 104 cm³/mol. The highest BCUT2D eigenvalue weighted by molar-refractivity contribution is 6.31. The lowest BCUT2D eigenvalue weighted by Gasteiger charge is -2.17. The van der Waals surface area contributed by atoms with E-state index in [4.69, 9.17) is 11.6 Å². The number of nitrogens with zero attached hydrogens (tertiary/aromatic N) is 3. The number of alkyl halides is 3. The molecule has 0 atom stereocenters. The minimum absolute atomic E-state index is 0.0482. The first-order valence-corrected chi connectivity index (χ1v) is 8.82. The van der Waals surface area contributed by atoms with Crippen LogP contribution in [0.25, 0.3) is 11.0 Å². The molecule has 7 nitrogen and oxygen atoms in total. The number of halogens is 4. The van der Waals surface area contributed by atoms with Gasteiger partial charge >= 0.3 is 11.9 Å². The fourth-order valence-electron chi connectivity index (χ4n) is 3.10. The molecule has 0 bridgehead atoms. The zero-order valence-corrected chi connectivity index (χ0v) is 16.4. The van der Waals surface area contributed by atoms with Crippen molar-refractivity contribution in [2.45, 2.75) is 19.6 Å². The highest BCUT2D eigenvalue weighted by atomic mass is 35.5. The van der Waals surface area contributed by atoms with Gasteiger partial charge in [-0.05, 0) is 25.1 Å². The largest absolute Gasteiger partial charge is 0.417 e. The number of aryl methyl sites for hydroxylation is 2. The summed E-state index contributed by atoms with van der Waals surface area (Å²) in [4.78, 5) is 37.6. The van der Waals surface area contributed by atoms with Crippen molar-refractivity contribution in [2.24, 2.45) is 14.1 Å². The lowest BCUT2D eigenvalue weighted by Crippen LogP contribution is -2.40. The maximum atomic E-state index is 12.9. The predicted octanol–water partition coefficient (Wildman–Crippen LogP) is 2.83. The molecule has 0 aliphatic rings. The molecule has 2 aromatic heterocycles. The Morgan fingerprint density at radius 2 is 1.72 bits per heavy atom. The van der Waals surface area contributed by atoms with Gasteiger partial charge in [0.1, 0.15) is 11.0 Å². The summed E-state index contributed by atoms with van der Waals surface area (Å²) in [6, 6.07) is 4.13. The Kier molecular flexibility index (Phi) is 5.08. The maximum Gasteiger partial charge on any atom is 0.417 e. The molecule has 0 saturated heterocycles. The molecule has 1 aromatic carbocycles. The number of aromatic nitrogens is 3. The molecule has 0 unspecified atom stereocenters. The molecule has 0 aliphatic carbocycles. The van der Waals surface area contributed by atoms with Crippen molar-refractivity contribution in [2.75, 3.05) is 5.32 Å².